The van der Waals surface area contributed by atoms with Crippen LogP contribution in [0.25, 0.3) is 5.69 Å². The van der Waals surface area contributed by atoms with Crippen molar-refractivity contribution in [1.29, 1.82) is 0 Å². The van der Waals surface area contributed by atoms with Gasteiger partial charge in [0, 0.05) is 29.7 Å². The number of likely N-dealkylation sites (tertiary alicyclic amines) is 1. The summed E-state index contributed by atoms with van der Waals surface area (Å²) in [4.78, 5) is 32.8. The van der Waals surface area contributed by atoms with E-state index in [4.69, 9.17) is 0 Å². The van der Waals surface area contributed by atoms with Crippen molar-refractivity contribution in [3.63, 3.8) is 0 Å². The lowest BCUT2D eigenvalue weighted by Gasteiger charge is -2.32. The van der Waals surface area contributed by atoms with Gasteiger partial charge >= 0.3 is 0 Å². The molecule has 2 N–H and O–H groups in total. The highest BCUT2D eigenvalue weighted by atomic mass is 32.1. The molecule has 2 aromatic heterocycles. The summed E-state index contributed by atoms with van der Waals surface area (Å²) in [5, 5.41) is 17.4. The monoisotopic (exact) mass is 439 g/mol. The largest absolute Gasteiger partial charge is 0.505 e. The summed E-state index contributed by atoms with van der Waals surface area (Å²) < 4.78 is 1.10. The van der Waals surface area contributed by atoms with Crippen LogP contribution in [0.3, 0.4) is 0 Å². The molecule has 1 aromatic carbocycles. The van der Waals surface area contributed by atoms with Gasteiger partial charge in [0.05, 0.1) is 5.69 Å². The summed E-state index contributed by atoms with van der Waals surface area (Å²) in [6.07, 6.45) is 5.43. The average molecular weight is 440 g/mol. The first-order valence-corrected chi connectivity index (χ1v) is 11.1. The normalized spacial score (nSPS) is 16.9. The zero-order chi connectivity index (χ0) is 22.0. The molecule has 0 spiro atoms. The summed E-state index contributed by atoms with van der Waals surface area (Å²) in [6, 6.07) is 8.72. The number of aromatic nitrogens is 3. The van der Waals surface area contributed by atoms with Gasteiger partial charge in [0.1, 0.15) is 0 Å². The molecule has 31 heavy (non-hydrogen) atoms. The molecule has 3 aromatic rings. The number of piperidine rings is 1. The Kier molecular flexibility index (Phi) is 6.15. The van der Waals surface area contributed by atoms with Crippen LogP contribution in [0.5, 0.6) is 5.75 Å². The van der Waals surface area contributed by atoms with Crippen LogP contribution in [0.4, 0.5) is 5.13 Å². The number of hydrogen-bond acceptors (Lipinski definition) is 7. The van der Waals surface area contributed by atoms with E-state index in [-0.39, 0.29) is 5.69 Å². The molecule has 0 radical (unpaired) electrons. The number of aromatic hydroxyl groups is 1. The number of aryl methyl sites for hydroxylation is 1. The first kappa shape index (κ1) is 21.2. The Balaban J connectivity index is 1.52. The van der Waals surface area contributed by atoms with Crippen LogP contribution in [0.1, 0.15) is 47.1 Å². The number of carbonyl (C=O) groups is 1. The van der Waals surface area contributed by atoms with Gasteiger partial charge < -0.3 is 5.11 Å². The third-order valence-corrected chi connectivity index (χ3v) is 6.34. The summed E-state index contributed by atoms with van der Waals surface area (Å²) in [5.74, 6) is -1.09. The Morgan fingerprint density at radius 1 is 1.32 bits per heavy atom. The van der Waals surface area contributed by atoms with Crippen molar-refractivity contribution in [2.75, 3.05) is 11.9 Å². The first-order chi connectivity index (χ1) is 14.9. The van der Waals surface area contributed by atoms with Crippen molar-refractivity contribution < 1.29 is 9.90 Å². The topological polar surface area (TPSA) is 100 Å². The third-order valence-electron chi connectivity index (χ3n) is 5.45. The van der Waals surface area contributed by atoms with Crippen LogP contribution >= 0.6 is 11.3 Å². The first-order valence-electron chi connectivity index (χ1n) is 10.3. The molecular formula is C22H25N5O3S. The standard InChI is InChI=1S/C22H25N5O3S/c1-14-6-5-8-16(10-14)27-19(29)11-18(28)20(25-27)21(30)24-22-23-12-17(31-22)13-26-9-4-3-7-15(26)2/h5-6,8,10-12,15,28H,3-4,7,9,13H2,1-2H3,(H,23,24,30). The Morgan fingerprint density at radius 2 is 2.16 bits per heavy atom. The molecule has 8 nitrogen and oxygen atoms in total. The molecule has 9 heteroatoms. The Morgan fingerprint density at radius 3 is 2.94 bits per heavy atom. The maximum atomic E-state index is 12.8. The van der Waals surface area contributed by atoms with E-state index in [2.05, 4.69) is 27.2 Å². The highest BCUT2D eigenvalue weighted by molar-refractivity contribution is 7.15. The number of nitrogens with zero attached hydrogens (tertiary/aromatic N) is 4. The lowest BCUT2D eigenvalue weighted by atomic mass is 10.0. The number of anilines is 1. The van der Waals surface area contributed by atoms with Crippen molar-refractivity contribution in [1.82, 2.24) is 19.7 Å². The summed E-state index contributed by atoms with van der Waals surface area (Å²) in [6.45, 7) is 6.00. The van der Waals surface area contributed by atoms with E-state index in [9.17, 15) is 14.7 Å². The minimum absolute atomic E-state index is 0.234. The Bertz CT molecular complexity index is 1160. The van der Waals surface area contributed by atoms with E-state index in [0.717, 1.165) is 34.3 Å². The molecule has 0 aliphatic carbocycles. The van der Waals surface area contributed by atoms with E-state index >= 15 is 0 Å². The van der Waals surface area contributed by atoms with Crippen molar-refractivity contribution in [3.8, 4) is 11.4 Å². The van der Waals surface area contributed by atoms with Crippen molar-refractivity contribution in [2.24, 2.45) is 0 Å². The van der Waals surface area contributed by atoms with Gasteiger partial charge in [-0.15, -0.1) is 11.3 Å². The molecule has 0 saturated carbocycles. The van der Waals surface area contributed by atoms with Gasteiger partial charge in [-0.3, -0.25) is 19.8 Å². The maximum absolute atomic E-state index is 12.8. The molecule has 1 saturated heterocycles. The lowest BCUT2D eigenvalue weighted by Crippen LogP contribution is -2.36. The van der Waals surface area contributed by atoms with Crippen molar-refractivity contribution in [3.05, 3.63) is 63.0 Å². The van der Waals surface area contributed by atoms with Crippen LogP contribution in [0.15, 0.2) is 41.3 Å². The van der Waals surface area contributed by atoms with Crippen LogP contribution < -0.4 is 10.9 Å². The van der Waals surface area contributed by atoms with E-state index < -0.39 is 17.2 Å². The summed E-state index contributed by atoms with van der Waals surface area (Å²) >= 11 is 1.40. The Hall–Kier alpha value is -3.04. The minimum Gasteiger partial charge on any atom is -0.505 e. The SMILES string of the molecule is Cc1cccc(-n2nc(C(=O)Nc3ncc(CN4CCCCC4C)s3)c(O)cc2=O)c1. The quantitative estimate of drug-likeness (QED) is 0.633. The van der Waals surface area contributed by atoms with E-state index in [1.165, 1.54) is 30.6 Å². The maximum Gasteiger partial charge on any atom is 0.281 e. The van der Waals surface area contributed by atoms with Gasteiger partial charge in [-0.05, 0) is 50.9 Å². The van der Waals surface area contributed by atoms with Gasteiger partial charge in [0.2, 0.25) is 0 Å². The van der Waals surface area contributed by atoms with Gasteiger partial charge in [-0.1, -0.05) is 18.6 Å². The highest BCUT2D eigenvalue weighted by Crippen LogP contribution is 2.25. The minimum atomic E-state index is -0.619. The second kappa shape index (κ2) is 8.99. The van der Waals surface area contributed by atoms with Gasteiger partial charge in [0.15, 0.2) is 16.6 Å². The summed E-state index contributed by atoms with van der Waals surface area (Å²) in [5.41, 5.74) is 0.712. The molecule has 4 rings (SSSR count). The number of carbonyl (C=O) groups excluding carboxylic acids is 1. The molecule has 1 fully saturated rings. The zero-order valence-corrected chi connectivity index (χ0v) is 18.4. The van der Waals surface area contributed by atoms with Gasteiger partial charge in [-0.25, -0.2) is 4.98 Å². The second-order valence-electron chi connectivity index (χ2n) is 7.87. The lowest BCUT2D eigenvalue weighted by molar-refractivity contribution is 0.101. The fourth-order valence-corrected chi connectivity index (χ4v) is 4.57. The fraction of sp³-hybridized carbons (Fsp3) is 0.364. The van der Waals surface area contributed by atoms with E-state index in [1.807, 2.05) is 13.0 Å². The molecule has 0 bridgehead atoms. The highest BCUT2D eigenvalue weighted by Gasteiger charge is 2.21. The average Bonchev–Trinajstić information content (AvgIpc) is 3.16. The summed E-state index contributed by atoms with van der Waals surface area (Å²) in [7, 11) is 0. The molecular weight excluding hydrogens is 414 g/mol. The number of thiazole rings is 1. The van der Waals surface area contributed by atoms with Crippen molar-refractivity contribution in [2.45, 2.75) is 45.7 Å². The fourth-order valence-electron chi connectivity index (χ4n) is 3.74. The molecule has 1 atom stereocenters. The van der Waals surface area contributed by atoms with Crippen LogP contribution in [-0.2, 0) is 6.54 Å². The zero-order valence-electron chi connectivity index (χ0n) is 17.5. The molecule has 1 aliphatic rings. The molecule has 1 unspecified atom stereocenters. The molecule has 1 aliphatic heterocycles. The Labute approximate surface area is 184 Å². The van der Waals surface area contributed by atoms with Crippen molar-refractivity contribution >= 4 is 22.4 Å². The van der Waals surface area contributed by atoms with Crippen LogP contribution in [-0.4, -0.2) is 43.3 Å². The number of amides is 1. The third kappa shape index (κ3) is 4.83. The van der Waals surface area contributed by atoms with Gasteiger partial charge in [-0.2, -0.15) is 9.78 Å². The van der Waals surface area contributed by atoms with Crippen LogP contribution in [0.2, 0.25) is 0 Å². The number of rotatable bonds is 5. The molecule has 3 heterocycles. The smallest absolute Gasteiger partial charge is 0.281 e. The number of benzene rings is 1. The van der Waals surface area contributed by atoms with Crippen LogP contribution in [0, 0.1) is 6.92 Å². The predicted octanol–water partition coefficient (Wildman–Crippen LogP) is 3.33. The number of nitrogens with one attached hydrogen (secondary N) is 1. The number of hydrogen-bond donors (Lipinski definition) is 2. The predicted molar refractivity (Wildman–Crippen MR) is 120 cm³/mol. The second-order valence-corrected chi connectivity index (χ2v) is 8.98. The van der Waals surface area contributed by atoms with Gasteiger partial charge in [0.25, 0.3) is 11.5 Å². The van der Waals surface area contributed by atoms with E-state index in [1.54, 1.807) is 24.4 Å². The molecule has 162 valence electrons. The molecule has 1 amide bonds. The van der Waals surface area contributed by atoms with E-state index in [0.29, 0.717) is 16.9 Å².